The van der Waals surface area contributed by atoms with E-state index in [1.54, 1.807) is 0 Å². The number of Topliss-reactive ketones (excluding diaryl/α,β-unsaturated/α-hetero) is 1. The predicted molar refractivity (Wildman–Crippen MR) is 165 cm³/mol. The average Bonchev–Trinajstić information content (AvgIpc) is 2.86. The molecule has 0 bridgehead atoms. The highest BCUT2D eigenvalue weighted by molar-refractivity contribution is 6.74. The Hall–Kier alpha value is -1.23. The lowest BCUT2D eigenvalue weighted by atomic mass is 10.0. The summed E-state index contributed by atoms with van der Waals surface area (Å²) in [7, 11) is -1.76. The van der Waals surface area contributed by atoms with Crippen LogP contribution in [0.2, 0.25) is 18.1 Å². The number of ketones is 1. The van der Waals surface area contributed by atoms with Gasteiger partial charge >= 0.3 is 0 Å². The molecule has 212 valence electrons. The molecule has 0 heterocycles. The third kappa shape index (κ3) is 16.4. The normalized spacial score (nSPS) is 13.4. The van der Waals surface area contributed by atoms with E-state index < -0.39 is 8.32 Å². The van der Waals surface area contributed by atoms with Gasteiger partial charge in [-0.05, 0) is 37.4 Å². The molecule has 1 aromatic carbocycles. The molecule has 0 aliphatic carbocycles. The molecule has 0 unspecified atom stereocenters. The monoisotopic (exact) mass is 529 g/mol. The molecule has 0 fully saturated rings. The number of carbonyl (C=O) groups excluding carboxylic acids is 1. The van der Waals surface area contributed by atoms with E-state index in [2.05, 4.69) is 58.3 Å². The third-order valence-electron chi connectivity index (χ3n) is 7.91. The van der Waals surface area contributed by atoms with E-state index in [4.69, 9.17) is 4.43 Å². The molecule has 1 atom stereocenters. The first-order valence-corrected chi connectivity index (χ1v) is 18.2. The number of hydrogen-bond donors (Lipinski definition) is 1. The zero-order chi connectivity index (χ0) is 27.4. The molecule has 0 amide bonds. The van der Waals surface area contributed by atoms with Gasteiger partial charge in [-0.1, -0.05) is 141 Å². The van der Waals surface area contributed by atoms with Gasteiger partial charge in [-0.3, -0.25) is 4.79 Å². The molecule has 1 aromatic rings. The van der Waals surface area contributed by atoms with Crippen LogP contribution < -0.4 is 5.32 Å². The lowest BCUT2D eigenvalue weighted by Crippen LogP contribution is -2.42. The molecule has 4 heteroatoms. The van der Waals surface area contributed by atoms with Crippen molar-refractivity contribution in [1.29, 1.82) is 0 Å². The van der Waals surface area contributed by atoms with Gasteiger partial charge in [-0.25, -0.2) is 0 Å². The van der Waals surface area contributed by atoms with Gasteiger partial charge in [0.1, 0.15) is 0 Å². The molecular weight excluding hydrogens is 470 g/mol. The minimum Gasteiger partial charge on any atom is -0.417 e. The number of nitrogens with one attached hydrogen (secondary N) is 1. The molecular formula is C33H59NO2Si. The van der Waals surface area contributed by atoms with Crippen molar-refractivity contribution < 1.29 is 9.22 Å². The number of allylic oxidation sites excluding steroid dienone is 1. The summed E-state index contributed by atoms with van der Waals surface area (Å²) < 4.78 is 6.42. The molecule has 0 spiro atoms. The summed E-state index contributed by atoms with van der Waals surface area (Å²) in [4.78, 5) is 12.6. The second kappa shape index (κ2) is 19.8. The Morgan fingerprint density at radius 3 is 1.97 bits per heavy atom. The largest absolute Gasteiger partial charge is 0.417 e. The molecule has 1 rings (SSSR count). The van der Waals surface area contributed by atoms with Crippen molar-refractivity contribution in [2.75, 3.05) is 13.2 Å². The molecule has 0 aliphatic rings. The number of carbonyl (C=O) groups is 1. The topological polar surface area (TPSA) is 38.3 Å². The van der Waals surface area contributed by atoms with Crippen molar-refractivity contribution in [1.82, 2.24) is 5.32 Å². The predicted octanol–water partition coefficient (Wildman–Crippen LogP) is 9.89. The maximum absolute atomic E-state index is 12.6. The van der Waals surface area contributed by atoms with Crippen LogP contribution in [-0.2, 0) is 4.43 Å². The van der Waals surface area contributed by atoms with Crippen LogP contribution in [-0.4, -0.2) is 33.3 Å². The van der Waals surface area contributed by atoms with Crippen LogP contribution in [0.15, 0.2) is 42.5 Å². The Bertz CT molecular complexity index is 724. The Balaban J connectivity index is 2.34. The van der Waals surface area contributed by atoms with Crippen molar-refractivity contribution in [3.05, 3.63) is 48.0 Å². The number of benzene rings is 1. The summed E-state index contributed by atoms with van der Waals surface area (Å²) in [6.45, 7) is 14.8. The van der Waals surface area contributed by atoms with Gasteiger partial charge in [0.25, 0.3) is 0 Å². The molecule has 37 heavy (non-hydrogen) atoms. The Kier molecular flexibility index (Phi) is 18.1. The minimum atomic E-state index is -1.76. The summed E-state index contributed by atoms with van der Waals surface area (Å²) >= 11 is 0. The summed E-state index contributed by atoms with van der Waals surface area (Å²) in [5.74, 6) is 0.144. The summed E-state index contributed by atoms with van der Waals surface area (Å²) in [5.41, 5.74) is 0.770. The quantitative estimate of drug-likeness (QED) is 0.0703. The molecule has 0 aromatic heterocycles. The lowest BCUT2D eigenvalue weighted by Gasteiger charge is -2.36. The van der Waals surface area contributed by atoms with E-state index in [1.807, 2.05) is 30.3 Å². The van der Waals surface area contributed by atoms with Crippen LogP contribution in [0.4, 0.5) is 0 Å². The Morgan fingerprint density at radius 1 is 0.892 bits per heavy atom. The van der Waals surface area contributed by atoms with Crippen molar-refractivity contribution in [3.8, 4) is 0 Å². The van der Waals surface area contributed by atoms with Crippen LogP contribution in [0.5, 0.6) is 0 Å². The third-order valence-corrected chi connectivity index (χ3v) is 12.4. The minimum absolute atomic E-state index is 0.144. The van der Waals surface area contributed by atoms with Gasteiger partial charge in [-0.2, -0.15) is 0 Å². The maximum atomic E-state index is 12.6. The maximum Gasteiger partial charge on any atom is 0.191 e. The fraction of sp³-hybridized carbons (Fsp3) is 0.727. The van der Waals surface area contributed by atoms with E-state index in [0.717, 1.165) is 25.0 Å². The first-order chi connectivity index (χ1) is 17.7. The van der Waals surface area contributed by atoms with Crippen LogP contribution in [0.1, 0.15) is 128 Å². The van der Waals surface area contributed by atoms with Gasteiger partial charge in [0.2, 0.25) is 0 Å². The highest BCUT2D eigenvalue weighted by atomic mass is 28.4. The molecule has 0 radical (unpaired) electrons. The highest BCUT2D eigenvalue weighted by Gasteiger charge is 2.36. The second-order valence-corrected chi connectivity index (χ2v) is 17.1. The first kappa shape index (κ1) is 33.8. The lowest BCUT2D eigenvalue weighted by molar-refractivity contribution is 0.0987. The smallest absolute Gasteiger partial charge is 0.191 e. The van der Waals surface area contributed by atoms with E-state index in [1.165, 1.54) is 77.0 Å². The molecule has 0 saturated carbocycles. The van der Waals surface area contributed by atoms with Gasteiger partial charge in [0.05, 0.1) is 6.54 Å². The van der Waals surface area contributed by atoms with Crippen LogP contribution in [0.25, 0.3) is 0 Å². The van der Waals surface area contributed by atoms with Crippen LogP contribution >= 0.6 is 0 Å². The SMILES string of the molecule is CCCCCCCCCCCCCCC=C[C@H](CCO[Si](C)(C)C(C)(C)C)NCC(=O)c1ccccc1. The van der Waals surface area contributed by atoms with E-state index >= 15 is 0 Å². The van der Waals surface area contributed by atoms with Crippen molar-refractivity contribution >= 4 is 14.1 Å². The van der Waals surface area contributed by atoms with Crippen molar-refractivity contribution in [3.63, 3.8) is 0 Å². The zero-order valence-electron chi connectivity index (χ0n) is 25.2. The summed E-state index contributed by atoms with van der Waals surface area (Å²) in [6, 6.07) is 9.74. The fourth-order valence-electron chi connectivity index (χ4n) is 4.24. The molecule has 0 aliphatic heterocycles. The van der Waals surface area contributed by atoms with Crippen molar-refractivity contribution in [2.45, 2.75) is 142 Å². The van der Waals surface area contributed by atoms with E-state index in [-0.39, 0.29) is 16.9 Å². The highest BCUT2D eigenvalue weighted by Crippen LogP contribution is 2.36. The van der Waals surface area contributed by atoms with Gasteiger partial charge in [0, 0.05) is 18.2 Å². The average molecular weight is 530 g/mol. The van der Waals surface area contributed by atoms with E-state index in [9.17, 15) is 4.79 Å². The second-order valence-electron chi connectivity index (χ2n) is 12.3. The first-order valence-electron chi connectivity index (χ1n) is 15.3. The summed E-state index contributed by atoms with van der Waals surface area (Å²) in [5, 5.41) is 3.70. The van der Waals surface area contributed by atoms with Crippen molar-refractivity contribution in [2.24, 2.45) is 0 Å². The fourth-order valence-corrected chi connectivity index (χ4v) is 5.30. The van der Waals surface area contributed by atoms with Gasteiger partial charge in [-0.15, -0.1) is 0 Å². The molecule has 0 saturated heterocycles. The van der Waals surface area contributed by atoms with Gasteiger partial charge < -0.3 is 9.74 Å². The van der Waals surface area contributed by atoms with Crippen LogP contribution in [0, 0.1) is 0 Å². The van der Waals surface area contributed by atoms with Gasteiger partial charge in [0.15, 0.2) is 14.1 Å². The number of rotatable bonds is 22. The van der Waals surface area contributed by atoms with Crippen LogP contribution in [0.3, 0.4) is 0 Å². The number of hydrogen-bond acceptors (Lipinski definition) is 3. The van der Waals surface area contributed by atoms with E-state index in [0.29, 0.717) is 6.54 Å². The standard InChI is InChI=1S/C33H59NO2Si/c1-7-8-9-10-11-12-13-14-15-16-17-18-19-23-26-31(27-28-36-37(5,6)33(2,3)4)34-29-32(35)30-24-21-20-22-25-30/h20-26,31,34H,7-19,27-29H2,1-6H3/t31-/m1/s1. The zero-order valence-corrected chi connectivity index (χ0v) is 26.2. The number of unbranched alkanes of at least 4 members (excludes halogenated alkanes) is 12. The Labute approximate surface area is 231 Å². The summed E-state index contributed by atoms with van der Waals surface area (Å²) in [6.07, 6.45) is 23.2. The Morgan fingerprint density at radius 2 is 1.43 bits per heavy atom. The molecule has 1 N–H and O–H groups in total. The molecule has 3 nitrogen and oxygen atoms in total.